The van der Waals surface area contributed by atoms with Crippen LogP contribution in [0.1, 0.15) is 5.56 Å². The summed E-state index contributed by atoms with van der Waals surface area (Å²) in [5, 5.41) is 15.9. The van der Waals surface area contributed by atoms with Crippen molar-refractivity contribution in [2.45, 2.75) is 6.92 Å². The van der Waals surface area contributed by atoms with Gasteiger partial charge in [0, 0.05) is 19.8 Å². The fourth-order valence-corrected chi connectivity index (χ4v) is 1.78. The van der Waals surface area contributed by atoms with Crippen LogP contribution in [0.2, 0.25) is 0 Å². The summed E-state index contributed by atoms with van der Waals surface area (Å²) in [7, 11) is 3.45. The molecular weight excluding hydrogens is 272 g/mol. The topological polar surface area (TPSA) is 96.2 Å². The molecule has 1 aromatic heterocycles. The first-order valence-corrected chi connectivity index (χ1v) is 6.25. The molecule has 0 unspecified atom stereocenters. The lowest BCUT2D eigenvalue weighted by Crippen LogP contribution is -2.21. The third kappa shape index (κ3) is 3.42. The minimum atomic E-state index is -0.508. The molecule has 8 nitrogen and oxygen atoms in total. The van der Waals surface area contributed by atoms with Gasteiger partial charge in [-0.1, -0.05) is 18.2 Å². The zero-order chi connectivity index (χ0) is 15.4. The molecule has 2 N–H and O–H groups in total. The second-order valence-corrected chi connectivity index (χ2v) is 4.62. The minimum absolute atomic E-state index is 0.135. The second-order valence-electron chi connectivity index (χ2n) is 4.62. The molecular formula is C13H16N6O2. The van der Waals surface area contributed by atoms with E-state index in [2.05, 4.69) is 20.7 Å². The normalized spacial score (nSPS) is 10.5. The number of hydrogen-bond donors (Lipinski definition) is 2. The maximum atomic E-state index is 11.3. The summed E-state index contributed by atoms with van der Waals surface area (Å²) in [6.07, 6.45) is 1.28. The quantitative estimate of drug-likeness (QED) is 0.643. The molecule has 0 bridgehead atoms. The Kier molecular flexibility index (Phi) is 4.29. The van der Waals surface area contributed by atoms with E-state index in [0.717, 1.165) is 11.3 Å². The van der Waals surface area contributed by atoms with Gasteiger partial charge in [0.2, 0.25) is 11.6 Å². The van der Waals surface area contributed by atoms with Gasteiger partial charge in [0.25, 0.3) is 0 Å². The monoisotopic (exact) mass is 288 g/mol. The third-order valence-corrected chi connectivity index (χ3v) is 2.73. The highest BCUT2D eigenvalue weighted by molar-refractivity contribution is 5.74. The van der Waals surface area contributed by atoms with E-state index >= 15 is 0 Å². The Balaban J connectivity index is 2.44. The number of nitrogens with zero attached hydrogens (tertiary/aromatic N) is 4. The fraction of sp³-hybridized carbons (Fsp3) is 0.231. The average molecular weight is 288 g/mol. The second kappa shape index (κ2) is 6.14. The van der Waals surface area contributed by atoms with Gasteiger partial charge in [-0.3, -0.25) is 15.5 Å². The zero-order valence-electron chi connectivity index (χ0n) is 12.0. The molecule has 21 heavy (non-hydrogen) atoms. The van der Waals surface area contributed by atoms with Crippen molar-refractivity contribution in [3.8, 4) is 0 Å². The van der Waals surface area contributed by atoms with Gasteiger partial charge >= 0.3 is 5.69 Å². The van der Waals surface area contributed by atoms with Crippen molar-refractivity contribution in [2.24, 2.45) is 0 Å². The van der Waals surface area contributed by atoms with E-state index in [9.17, 15) is 10.1 Å². The van der Waals surface area contributed by atoms with Crippen LogP contribution < -0.4 is 10.7 Å². The van der Waals surface area contributed by atoms with Gasteiger partial charge in [0.05, 0.1) is 4.92 Å². The summed E-state index contributed by atoms with van der Waals surface area (Å²) in [5.74, 6) is 0.282. The summed E-state index contributed by atoms with van der Waals surface area (Å²) in [6, 6.07) is 7.49. The van der Waals surface area contributed by atoms with Gasteiger partial charge in [-0.25, -0.2) is 15.0 Å². The number of benzene rings is 1. The van der Waals surface area contributed by atoms with E-state index in [1.54, 1.807) is 19.1 Å². The van der Waals surface area contributed by atoms with Gasteiger partial charge in [0.1, 0.15) is 6.33 Å². The molecule has 0 saturated carbocycles. The van der Waals surface area contributed by atoms with E-state index in [1.807, 2.05) is 31.2 Å². The molecule has 0 amide bonds. The van der Waals surface area contributed by atoms with Gasteiger partial charge in [-0.15, -0.1) is 0 Å². The van der Waals surface area contributed by atoms with E-state index < -0.39 is 4.92 Å². The molecule has 0 fully saturated rings. The predicted octanol–water partition coefficient (Wildman–Crippen LogP) is 2.33. The number of hydrazine groups is 1. The SMILES string of the molecule is Cc1ccccc1Nc1ncnc(NN(C)C)c1[N+](=O)[O-]. The van der Waals surface area contributed by atoms with Crippen LogP contribution in [-0.2, 0) is 0 Å². The smallest absolute Gasteiger partial charge is 0.334 e. The first kappa shape index (κ1) is 14.7. The fourth-order valence-electron chi connectivity index (χ4n) is 1.78. The number of nitro groups is 1. The van der Waals surface area contributed by atoms with Crippen LogP contribution in [0, 0.1) is 17.0 Å². The number of anilines is 3. The van der Waals surface area contributed by atoms with E-state index in [1.165, 1.54) is 6.33 Å². The van der Waals surface area contributed by atoms with Crippen LogP contribution in [0.5, 0.6) is 0 Å². The lowest BCUT2D eigenvalue weighted by atomic mass is 10.2. The lowest BCUT2D eigenvalue weighted by molar-refractivity contribution is -0.383. The predicted molar refractivity (Wildman–Crippen MR) is 80.5 cm³/mol. The third-order valence-electron chi connectivity index (χ3n) is 2.73. The largest absolute Gasteiger partial charge is 0.354 e. The molecule has 1 aromatic carbocycles. The molecule has 1 heterocycles. The summed E-state index contributed by atoms with van der Waals surface area (Å²) >= 11 is 0. The molecule has 2 aromatic rings. The van der Waals surface area contributed by atoms with Gasteiger partial charge in [0.15, 0.2) is 0 Å². The number of rotatable bonds is 5. The molecule has 110 valence electrons. The first-order chi connectivity index (χ1) is 9.99. The highest BCUT2D eigenvalue weighted by Crippen LogP contribution is 2.31. The zero-order valence-corrected chi connectivity index (χ0v) is 12.0. The number of nitrogens with one attached hydrogen (secondary N) is 2. The van der Waals surface area contributed by atoms with E-state index in [0.29, 0.717) is 0 Å². The summed E-state index contributed by atoms with van der Waals surface area (Å²) in [4.78, 5) is 18.7. The Labute approximate surface area is 122 Å². The number of hydrogen-bond acceptors (Lipinski definition) is 7. The molecule has 2 rings (SSSR count). The van der Waals surface area contributed by atoms with Crippen molar-refractivity contribution < 1.29 is 4.92 Å². The van der Waals surface area contributed by atoms with Crippen LogP contribution >= 0.6 is 0 Å². The molecule has 0 aliphatic heterocycles. The Hall–Kier alpha value is -2.74. The van der Waals surface area contributed by atoms with Crippen molar-refractivity contribution >= 4 is 23.0 Å². The van der Waals surface area contributed by atoms with E-state index in [-0.39, 0.29) is 17.3 Å². The Morgan fingerprint density at radius 1 is 1.19 bits per heavy atom. The number of aryl methyl sites for hydroxylation is 1. The maximum absolute atomic E-state index is 11.3. The molecule has 8 heteroatoms. The standard InChI is InChI=1S/C13H16N6O2/c1-9-6-4-5-7-10(9)16-12-11(19(20)21)13(15-8-14-12)17-18(2)3/h4-8H,1-3H3,(H2,14,15,16,17). The van der Waals surface area contributed by atoms with Crippen molar-refractivity contribution in [1.29, 1.82) is 0 Å². The van der Waals surface area contributed by atoms with Crippen LogP contribution in [0.15, 0.2) is 30.6 Å². The Morgan fingerprint density at radius 3 is 2.48 bits per heavy atom. The molecule has 0 aliphatic carbocycles. The van der Waals surface area contributed by atoms with Gasteiger partial charge < -0.3 is 5.32 Å². The first-order valence-electron chi connectivity index (χ1n) is 6.25. The van der Waals surface area contributed by atoms with Gasteiger partial charge in [-0.2, -0.15) is 0 Å². The Morgan fingerprint density at radius 2 is 1.86 bits per heavy atom. The van der Waals surface area contributed by atoms with Crippen molar-refractivity contribution in [2.75, 3.05) is 24.8 Å². The highest BCUT2D eigenvalue weighted by Gasteiger charge is 2.23. The lowest BCUT2D eigenvalue weighted by Gasteiger charge is -2.14. The number of para-hydroxylation sites is 1. The summed E-state index contributed by atoms with van der Waals surface area (Å²) in [5.41, 5.74) is 4.32. The summed E-state index contributed by atoms with van der Waals surface area (Å²) in [6.45, 7) is 1.91. The molecule has 0 spiro atoms. The van der Waals surface area contributed by atoms with Crippen molar-refractivity contribution in [3.63, 3.8) is 0 Å². The van der Waals surface area contributed by atoms with E-state index in [4.69, 9.17) is 0 Å². The van der Waals surface area contributed by atoms with Crippen molar-refractivity contribution in [1.82, 2.24) is 15.0 Å². The molecule has 0 atom stereocenters. The molecule has 0 saturated heterocycles. The molecule has 0 radical (unpaired) electrons. The van der Waals surface area contributed by atoms with Crippen molar-refractivity contribution in [3.05, 3.63) is 46.3 Å². The van der Waals surface area contributed by atoms with Crippen LogP contribution in [0.25, 0.3) is 0 Å². The summed E-state index contributed by atoms with van der Waals surface area (Å²) < 4.78 is 0. The van der Waals surface area contributed by atoms with Gasteiger partial charge in [-0.05, 0) is 18.6 Å². The maximum Gasteiger partial charge on any atom is 0.354 e. The minimum Gasteiger partial charge on any atom is -0.334 e. The highest BCUT2D eigenvalue weighted by atomic mass is 16.6. The van der Waals surface area contributed by atoms with Crippen LogP contribution in [-0.4, -0.2) is 34.0 Å². The molecule has 0 aliphatic rings. The average Bonchev–Trinajstić information content (AvgIpc) is 2.40. The van der Waals surface area contributed by atoms with Crippen LogP contribution in [0.3, 0.4) is 0 Å². The Bertz CT molecular complexity index is 659. The number of aromatic nitrogens is 2. The van der Waals surface area contributed by atoms with Crippen LogP contribution in [0.4, 0.5) is 23.0 Å².